The molecule has 0 saturated carbocycles. The van der Waals surface area contributed by atoms with Crippen LogP contribution in [0.15, 0.2) is 29.8 Å². The number of halogens is 1. The van der Waals surface area contributed by atoms with Crippen LogP contribution in [0.5, 0.6) is 0 Å². The van der Waals surface area contributed by atoms with Crippen LogP contribution >= 0.6 is 11.6 Å². The van der Waals surface area contributed by atoms with Gasteiger partial charge < -0.3 is 5.32 Å². The lowest BCUT2D eigenvalue weighted by Gasteiger charge is -2.05. The smallest absolute Gasteiger partial charge is 0.269 e. The predicted molar refractivity (Wildman–Crippen MR) is 68.1 cm³/mol. The molecule has 0 fully saturated rings. The second kappa shape index (κ2) is 5.82. The molecule has 1 amide bonds. The lowest BCUT2D eigenvalue weighted by atomic mass is 10.2. The van der Waals surface area contributed by atoms with Gasteiger partial charge in [-0.15, -0.1) is 0 Å². The third-order valence-electron chi connectivity index (χ3n) is 2.81. The largest absolute Gasteiger partial charge is 0.350 e. The fourth-order valence-electron chi connectivity index (χ4n) is 1.93. The summed E-state index contributed by atoms with van der Waals surface area (Å²) >= 11 is 5.73. The number of amides is 1. The lowest BCUT2D eigenvalue weighted by Crippen LogP contribution is -2.25. The van der Waals surface area contributed by atoms with E-state index in [1.807, 2.05) is 0 Å². The molecule has 0 bridgehead atoms. The predicted octanol–water partition coefficient (Wildman–Crippen LogP) is 2.97. The van der Waals surface area contributed by atoms with Gasteiger partial charge in [-0.1, -0.05) is 29.3 Å². The van der Waals surface area contributed by atoms with Crippen LogP contribution in [0.3, 0.4) is 0 Å². The molecule has 1 aliphatic rings. The summed E-state index contributed by atoms with van der Waals surface area (Å²) < 4.78 is 0. The lowest BCUT2D eigenvalue weighted by molar-refractivity contribution is 0.0949. The molecule has 90 valence electrons. The van der Waals surface area contributed by atoms with Crippen molar-refractivity contribution in [2.75, 3.05) is 6.54 Å². The summed E-state index contributed by atoms with van der Waals surface area (Å²) in [6.07, 6.45) is 6.81. The number of nitrogens with zero attached hydrogens (tertiary/aromatic N) is 1. The molecule has 3 nitrogen and oxygen atoms in total. The minimum atomic E-state index is -0.161. The first-order valence-electron chi connectivity index (χ1n) is 5.84. The molecule has 0 aliphatic heterocycles. The van der Waals surface area contributed by atoms with Crippen LogP contribution in [-0.4, -0.2) is 17.4 Å². The van der Waals surface area contributed by atoms with Gasteiger partial charge >= 0.3 is 0 Å². The zero-order valence-electron chi connectivity index (χ0n) is 9.58. The third-order valence-corrected chi connectivity index (χ3v) is 3.02. The number of nitrogens with one attached hydrogen (secondary N) is 1. The summed E-state index contributed by atoms with van der Waals surface area (Å²) in [6, 6.07) is 5.04. The van der Waals surface area contributed by atoms with Gasteiger partial charge in [-0.2, -0.15) is 0 Å². The highest BCUT2D eigenvalue weighted by Crippen LogP contribution is 2.19. The summed E-state index contributed by atoms with van der Waals surface area (Å²) in [6.45, 7) is 0.666. The fourth-order valence-corrected chi connectivity index (χ4v) is 2.09. The van der Waals surface area contributed by atoms with E-state index in [1.165, 1.54) is 24.8 Å². The van der Waals surface area contributed by atoms with E-state index in [-0.39, 0.29) is 5.91 Å². The van der Waals surface area contributed by atoms with Crippen LogP contribution < -0.4 is 5.32 Å². The van der Waals surface area contributed by atoms with Crippen molar-refractivity contribution in [3.8, 4) is 0 Å². The van der Waals surface area contributed by atoms with Crippen molar-refractivity contribution in [2.24, 2.45) is 0 Å². The summed E-state index contributed by atoms with van der Waals surface area (Å²) in [5.74, 6) is -0.161. The van der Waals surface area contributed by atoms with Gasteiger partial charge in [0.25, 0.3) is 5.91 Å². The Bertz CT molecular complexity index is 443. The van der Waals surface area contributed by atoms with Gasteiger partial charge in [-0.25, -0.2) is 4.98 Å². The van der Waals surface area contributed by atoms with E-state index in [1.54, 1.807) is 18.2 Å². The zero-order chi connectivity index (χ0) is 12.1. The van der Waals surface area contributed by atoms with E-state index >= 15 is 0 Å². The molecular formula is C13H15ClN2O. The second-order valence-corrected chi connectivity index (χ2v) is 4.49. The number of carbonyl (C=O) groups is 1. The van der Waals surface area contributed by atoms with Gasteiger partial charge in [0, 0.05) is 6.54 Å². The van der Waals surface area contributed by atoms with Gasteiger partial charge in [0.2, 0.25) is 0 Å². The van der Waals surface area contributed by atoms with Crippen LogP contribution in [0, 0.1) is 0 Å². The van der Waals surface area contributed by atoms with Crippen molar-refractivity contribution in [1.29, 1.82) is 0 Å². The second-order valence-electron chi connectivity index (χ2n) is 4.11. The third kappa shape index (κ3) is 3.56. The Balaban J connectivity index is 1.81. The first-order valence-corrected chi connectivity index (χ1v) is 6.22. The van der Waals surface area contributed by atoms with Crippen LogP contribution in [-0.2, 0) is 0 Å². The minimum absolute atomic E-state index is 0.161. The van der Waals surface area contributed by atoms with E-state index in [4.69, 9.17) is 11.6 Å². The Morgan fingerprint density at radius 3 is 3.06 bits per heavy atom. The van der Waals surface area contributed by atoms with Crippen molar-refractivity contribution < 1.29 is 4.79 Å². The number of rotatable bonds is 4. The first kappa shape index (κ1) is 12.1. The molecule has 1 aromatic rings. The monoisotopic (exact) mass is 250 g/mol. The Morgan fingerprint density at radius 2 is 2.35 bits per heavy atom. The Labute approximate surface area is 106 Å². The summed E-state index contributed by atoms with van der Waals surface area (Å²) in [5.41, 5.74) is 1.82. The molecule has 1 heterocycles. The Hall–Kier alpha value is -1.35. The molecule has 0 unspecified atom stereocenters. The molecule has 1 N–H and O–H groups in total. The maximum Gasteiger partial charge on any atom is 0.269 e. The zero-order valence-corrected chi connectivity index (χ0v) is 10.3. The van der Waals surface area contributed by atoms with Crippen molar-refractivity contribution in [3.05, 3.63) is 40.7 Å². The number of hydrogen-bond donors (Lipinski definition) is 1. The van der Waals surface area contributed by atoms with Crippen molar-refractivity contribution in [3.63, 3.8) is 0 Å². The molecule has 0 spiro atoms. The number of aromatic nitrogens is 1. The van der Waals surface area contributed by atoms with Gasteiger partial charge in [-0.05, 0) is 37.8 Å². The fraction of sp³-hybridized carbons (Fsp3) is 0.385. The minimum Gasteiger partial charge on any atom is -0.350 e. The highest BCUT2D eigenvalue weighted by atomic mass is 35.5. The number of pyridine rings is 1. The van der Waals surface area contributed by atoms with Crippen molar-refractivity contribution in [2.45, 2.75) is 25.7 Å². The number of carbonyl (C=O) groups excluding carboxylic acids is 1. The quantitative estimate of drug-likeness (QED) is 0.659. The van der Waals surface area contributed by atoms with Gasteiger partial charge in [0.15, 0.2) is 0 Å². The SMILES string of the molecule is O=C(NCCC1=CCCC1)c1cccc(Cl)n1. The molecule has 0 aromatic carbocycles. The number of allylic oxidation sites excluding steroid dienone is 1. The highest BCUT2D eigenvalue weighted by Gasteiger charge is 2.08. The van der Waals surface area contributed by atoms with E-state index in [0.717, 1.165) is 6.42 Å². The van der Waals surface area contributed by atoms with Crippen molar-refractivity contribution >= 4 is 17.5 Å². The molecule has 2 rings (SSSR count). The molecule has 17 heavy (non-hydrogen) atoms. The summed E-state index contributed by atoms with van der Waals surface area (Å²) in [5, 5.41) is 3.20. The highest BCUT2D eigenvalue weighted by molar-refractivity contribution is 6.29. The maximum absolute atomic E-state index is 11.7. The number of hydrogen-bond acceptors (Lipinski definition) is 2. The standard InChI is InChI=1S/C13H15ClN2O/c14-12-7-3-6-11(16-12)13(17)15-9-8-10-4-1-2-5-10/h3-4,6-7H,1-2,5,8-9H2,(H,15,17). The van der Waals surface area contributed by atoms with Crippen LogP contribution in [0.4, 0.5) is 0 Å². The van der Waals surface area contributed by atoms with Crippen molar-refractivity contribution in [1.82, 2.24) is 10.3 Å². The maximum atomic E-state index is 11.7. The van der Waals surface area contributed by atoms with Gasteiger partial charge in [-0.3, -0.25) is 4.79 Å². The summed E-state index contributed by atoms with van der Waals surface area (Å²) in [4.78, 5) is 15.7. The average molecular weight is 251 g/mol. The molecule has 0 atom stereocenters. The van der Waals surface area contributed by atoms with E-state index in [9.17, 15) is 4.79 Å². The van der Waals surface area contributed by atoms with Gasteiger partial charge in [0.1, 0.15) is 10.8 Å². The average Bonchev–Trinajstić information content (AvgIpc) is 2.82. The van der Waals surface area contributed by atoms with Gasteiger partial charge in [0.05, 0.1) is 0 Å². The Morgan fingerprint density at radius 1 is 1.47 bits per heavy atom. The molecule has 0 saturated heterocycles. The first-order chi connectivity index (χ1) is 8.25. The molecule has 1 aromatic heterocycles. The molecular weight excluding hydrogens is 236 g/mol. The van der Waals surface area contributed by atoms with E-state index in [0.29, 0.717) is 17.4 Å². The van der Waals surface area contributed by atoms with E-state index < -0.39 is 0 Å². The Kier molecular flexibility index (Phi) is 4.15. The van der Waals surface area contributed by atoms with Crippen LogP contribution in [0.1, 0.15) is 36.2 Å². The topological polar surface area (TPSA) is 42.0 Å². The van der Waals surface area contributed by atoms with Crippen LogP contribution in [0.2, 0.25) is 5.15 Å². The molecule has 1 aliphatic carbocycles. The van der Waals surface area contributed by atoms with Crippen LogP contribution in [0.25, 0.3) is 0 Å². The summed E-state index contributed by atoms with van der Waals surface area (Å²) in [7, 11) is 0. The molecule has 4 heteroatoms. The normalized spacial score (nSPS) is 14.5. The molecule has 0 radical (unpaired) electrons. The van der Waals surface area contributed by atoms with E-state index in [2.05, 4.69) is 16.4 Å².